The Labute approximate surface area is 147 Å². The van der Waals surface area contributed by atoms with Gasteiger partial charge in [0.25, 0.3) is 5.91 Å². The van der Waals surface area contributed by atoms with Crippen LogP contribution in [0.2, 0.25) is 0 Å². The zero-order valence-corrected chi connectivity index (χ0v) is 14.5. The lowest BCUT2D eigenvalue weighted by molar-refractivity contribution is -0.147. The fraction of sp³-hybridized carbons (Fsp3) is 0.235. The Hall–Kier alpha value is -2.41. The number of aromatic nitrogens is 1. The van der Waals surface area contributed by atoms with E-state index in [4.69, 9.17) is 4.74 Å². The molecule has 2 N–H and O–H groups in total. The van der Waals surface area contributed by atoms with Crippen LogP contribution in [0.25, 0.3) is 0 Å². The molecule has 1 aromatic heterocycles. The molecular formula is C17H15BrN2O4. The molecule has 1 aromatic carbocycles. The van der Waals surface area contributed by atoms with E-state index in [1.165, 1.54) is 25.4 Å². The second-order valence-corrected chi connectivity index (χ2v) is 6.48. The SMILES string of the molecule is COC(=O)C1(NC(=O)c2ncccc2O)Cc2cccc(Br)c2C1. The van der Waals surface area contributed by atoms with Crippen LogP contribution in [-0.4, -0.2) is 34.6 Å². The standard InChI is InChI=1S/C17H15BrN2O4/c1-24-16(23)17(8-10-4-2-5-12(18)11(10)9-17)20-15(22)14-13(21)6-3-7-19-14/h2-7,21H,8-9H2,1H3,(H,20,22). The van der Waals surface area contributed by atoms with Gasteiger partial charge >= 0.3 is 5.97 Å². The molecule has 2 aromatic rings. The Kier molecular flexibility index (Phi) is 4.28. The first-order chi connectivity index (χ1) is 11.5. The summed E-state index contributed by atoms with van der Waals surface area (Å²) in [5.74, 6) is -1.40. The molecule has 7 heteroatoms. The lowest BCUT2D eigenvalue weighted by Crippen LogP contribution is -2.56. The Morgan fingerprint density at radius 2 is 2.08 bits per heavy atom. The first kappa shape index (κ1) is 16.4. The summed E-state index contributed by atoms with van der Waals surface area (Å²) >= 11 is 3.48. The number of benzene rings is 1. The molecule has 1 atom stereocenters. The molecule has 1 aliphatic rings. The zero-order valence-electron chi connectivity index (χ0n) is 12.9. The average molecular weight is 391 g/mol. The van der Waals surface area contributed by atoms with E-state index in [0.29, 0.717) is 12.8 Å². The molecule has 6 nitrogen and oxygen atoms in total. The number of rotatable bonds is 3. The second kappa shape index (κ2) is 6.24. The van der Waals surface area contributed by atoms with Crippen molar-refractivity contribution in [3.8, 4) is 5.75 Å². The number of halogens is 1. The smallest absolute Gasteiger partial charge is 0.332 e. The summed E-state index contributed by atoms with van der Waals surface area (Å²) in [6.07, 6.45) is 2.02. The number of methoxy groups -OCH3 is 1. The molecule has 3 rings (SSSR count). The third-order valence-electron chi connectivity index (χ3n) is 4.12. The Balaban J connectivity index is 1.95. The summed E-state index contributed by atoms with van der Waals surface area (Å²) in [6.45, 7) is 0. The third-order valence-corrected chi connectivity index (χ3v) is 4.86. The predicted molar refractivity (Wildman–Crippen MR) is 89.7 cm³/mol. The maximum absolute atomic E-state index is 12.5. The third kappa shape index (κ3) is 2.75. The van der Waals surface area contributed by atoms with E-state index < -0.39 is 17.4 Å². The van der Waals surface area contributed by atoms with Crippen LogP contribution in [0, 0.1) is 0 Å². The van der Waals surface area contributed by atoms with Crippen LogP contribution in [0.4, 0.5) is 0 Å². The van der Waals surface area contributed by atoms with E-state index in [-0.39, 0.29) is 11.4 Å². The van der Waals surface area contributed by atoms with E-state index >= 15 is 0 Å². The Bertz CT molecular complexity index is 824. The molecule has 1 amide bonds. The van der Waals surface area contributed by atoms with Crippen LogP contribution in [0.15, 0.2) is 41.0 Å². The topological polar surface area (TPSA) is 88.5 Å². The van der Waals surface area contributed by atoms with Gasteiger partial charge in [0, 0.05) is 23.5 Å². The van der Waals surface area contributed by atoms with Crippen LogP contribution in [0.3, 0.4) is 0 Å². The van der Waals surface area contributed by atoms with Gasteiger partial charge in [0.2, 0.25) is 0 Å². The van der Waals surface area contributed by atoms with Gasteiger partial charge in [-0.15, -0.1) is 0 Å². The summed E-state index contributed by atoms with van der Waals surface area (Å²) in [7, 11) is 1.28. The van der Waals surface area contributed by atoms with Crippen molar-refractivity contribution in [3.63, 3.8) is 0 Å². The average Bonchev–Trinajstić information content (AvgIpc) is 2.95. The highest BCUT2D eigenvalue weighted by molar-refractivity contribution is 9.10. The van der Waals surface area contributed by atoms with Crippen LogP contribution in [0.1, 0.15) is 21.6 Å². The zero-order chi connectivity index (χ0) is 17.3. The fourth-order valence-electron chi connectivity index (χ4n) is 2.98. The highest BCUT2D eigenvalue weighted by Gasteiger charge is 2.47. The highest BCUT2D eigenvalue weighted by Crippen LogP contribution is 2.36. The largest absolute Gasteiger partial charge is 0.505 e. The molecule has 1 heterocycles. The van der Waals surface area contributed by atoms with Gasteiger partial charge in [-0.25, -0.2) is 9.78 Å². The number of carbonyl (C=O) groups excluding carboxylic acids is 2. The maximum atomic E-state index is 12.5. The molecule has 24 heavy (non-hydrogen) atoms. The molecule has 0 fully saturated rings. The quantitative estimate of drug-likeness (QED) is 0.782. The summed E-state index contributed by atoms with van der Waals surface area (Å²) in [5, 5.41) is 12.5. The van der Waals surface area contributed by atoms with Gasteiger partial charge in [0.05, 0.1) is 7.11 Å². The van der Waals surface area contributed by atoms with Crippen molar-refractivity contribution < 1.29 is 19.4 Å². The minimum Gasteiger partial charge on any atom is -0.505 e. The van der Waals surface area contributed by atoms with Crippen molar-refractivity contribution in [1.82, 2.24) is 10.3 Å². The molecule has 0 saturated carbocycles. The number of carbonyl (C=O) groups is 2. The number of aromatic hydroxyl groups is 1. The Morgan fingerprint density at radius 3 is 2.75 bits per heavy atom. The van der Waals surface area contributed by atoms with E-state index in [2.05, 4.69) is 26.2 Å². The van der Waals surface area contributed by atoms with Gasteiger partial charge in [-0.1, -0.05) is 28.1 Å². The molecule has 1 unspecified atom stereocenters. The summed E-state index contributed by atoms with van der Waals surface area (Å²) in [6, 6.07) is 8.56. The van der Waals surface area contributed by atoms with Gasteiger partial charge in [-0.3, -0.25) is 4.79 Å². The number of amides is 1. The fourth-order valence-corrected chi connectivity index (χ4v) is 3.53. The van der Waals surface area contributed by atoms with Crippen LogP contribution in [0.5, 0.6) is 5.75 Å². The van der Waals surface area contributed by atoms with Crippen molar-refractivity contribution in [1.29, 1.82) is 0 Å². The van der Waals surface area contributed by atoms with Crippen molar-refractivity contribution in [3.05, 3.63) is 57.8 Å². The van der Waals surface area contributed by atoms with Gasteiger partial charge in [0.15, 0.2) is 5.69 Å². The van der Waals surface area contributed by atoms with E-state index in [1.807, 2.05) is 18.2 Å². The molecule has 0 radical (unpaired) electrons. The summed E-state index contributed by atoms with van der Waals surface area (Å²) in [5.41, 5.74) is 0.562. The number of fused-ring (bicyclic) bond motifs is 1. The van der Waals surface area contributed by atoms with Gasteiger partial charge in [-0.2, -0.15) is 0 Å². The number of nitrogens with zero attached hydrogens (tertiary/aromatic N) is 1. The Morgan fingerprint density at radius 1 is 1.29 bits per heavy atom. The summed E-state index contributed by atoms with van der Waals surface area (Å²) in [4.78, 5) is 28.8. The lowest BCUT2D eigenvalue weighted by atomic mass is 9.95. The van der Waals surface area contributed by atoms with Crippen molar-refractivity contribution in [2.45, 2.75) is 18.4 Å². The van der Waals surface area contributed by atoms with Crippen LogP contribution >= 0.6 is 15.9 Å². The number of esters is 1. The number of nitrogens with one attached hydrogen (secondary N) is 1. The molecule has 0 spiro atoms. The van der Waals surface area contributed by atoms with Crippen molar-refractivity contribution >= 4 is 27.8 Å². The van der Waals surface area contributed by atoms with E-state index in [9.17, 15) is 14.7 Å². The van der Waals surface area contributed by atoms with Gasteiger partial charge in [-0.05, 0) is 29.3 Å². The van der Waals surface area contributed by atoms with Gasteiger partial charge < -0.3 is 15.2 Å². The number of pyridine rings is 1. The molecule has 124 valence electrons. The summed E-state index contributed by atoms with van der Waals surface area (Å²) < 4.78 is 5.80. The van der Waals surface area contributed by atoms with Crippen molar-refractivity contribution in [2.24, 2.45) is 0 Å². The monoisotopic (exact) mass is 390 g/mol. The van der Waals surface area contributed by atoms with Gasteiger partial charge in [0.1, 0.15) is 11.3 Å². The molecule has 1 aliphatic carbocycles. The minimum atomic E-state index is -1.22. The predicted octanol–water partition coefficient (Wildman–Crippen LogP) is 1.99. The normalized spacial score (nSPS) is 18.8. The second-order valence-electron chi connectivity index (χ2n) is 5.63. The maximum Gasteiger partial charge on any atom is 0.332 e. The highest BCUT2D eigenvalue weighted by atomic mass is 79.9. The molecule has 0 bridgehead atoms. The van der Waals surface area contributed by atoms with Crippen molar-refractivity contribution in [2.75, 3.05) is 7.11 Å². The first-order valence-electron chi connectivity index (χ1n) is 7.28. The van der Waals surface area contributed by atoms with Crippen LogP contribution < -0.4 is 5.32 Å². The molecule has 0 saturated heterocycles. The number of hydrogen-bond acceptors (Lipinski definition) is 5. The molecular weight excluding hydrogens is 376 g/mol. The number of ether oxygens (including phenoxy) is 1. The molecule has 0 aliphatic heterocycles. The minimum absolute atomic E-state index is 0.129. The van der Waals surface area contributed by atoms with E-state index in [1.54, 1.807) is 0 Å². The first-order valence-corrected chi connectivity index (χ1v) is 8.07. The number of hydrogen-bond donors (Lipinski definition) is 2. The van der Waals surface area contributed by atoms with E-state index in [0.717, 1.165) is 15.6 Å². The lowest BCUT2D eigenvalue weighted by Gasteiger charge is -2.27. The van der Waals surface area contributed by atoms with Crippen LogP contribution in [-0.2, 0) is 22.4 Å².